The highest BCUT2D eigenvalue weighted by molar-refractivity contribution is 6.12. The molecule has 5 nitrogen and oxygen atoms in total. The van der Waals surface area contributed by atoms with Gasteiger partial charge in [0, 0.05) is 41.7 Å². The number of rotatable bonds is 8. The molecule has 1 unspecified atom stereocenters. The number of benzene rings is 6. The molecular formula is C43H35FN2O3. The smallest absolute Gasteiger partial charge is 0.246 e. The van der Waals surface area contributed by atoms with E-state index in [1.807, 2.05) is 103 Å². The monoisotopic (exact) mass is 646 g/mol. The van der Waals surface area contributed by atoms with Crippen LogP contribution in [0.2, 0.25) is 0 Å². The minimum absolute atomic E-state index is 0.203. The van der Waals surface area contributed by atoms with Crippen molar-refractivity contribution < 1.29 is 19.0 Å². The van der Waals surface area contributed by atoms with Gasteiger partial charge in [-0.2, -0.15) is 0 Å². The fourth-order valence-corrected chi connectivity index (χ4v) is 7.56. The van der Waals surface area contributed by atoms with E-state index in [2.05, 4.69) is 29.2 Å². The number of anilines is 2. The minimum Gasteiger partial charge on any atom is -0.490 e. The lowest BCUT2D eigenvalue weighted by Crippen LogP contribution is -2.61. The lowest BCUT2D eigenvalue weighted by atomic mass is 9.60. The largest absolute Gasteiger partial charge is 0.490 e. The van der Waals surface area contributed by atoms with Crippen LogP contribution in [0.5, 0.6) is 5.75 Å². The van der Waals surface area contributed by atoms with E-state index in [0.717, 1.165) is 22.4 Å². The van der Waals surface area contributed by atoms with Gasteiger partial charge < -0.3 is 19.6 Å². The van der Waals surface area contributed by atoms with Crippen molar-refractivity contribution in [2.75, 3.05) is 16.4 Å². The Labute approximate surface area is 285 Å². The van der Waals surface area contributed by atoms with Crippen molar-refractivity contribution in [2.24, 2.45) is 0 Å². The number of aliphatic hydroxyl groups is 1. The molecule has 8 rings (SSSR count). The molecule has 0 radical (unpaired) electrons. The van der Waals surface area contributed by atoms with E-state index >= 15 is 9.18 Å². The van der Waals surface area contributed by atoms with Gasteiger partial charge in [-0.1, -0.05) is 127 Å². The Morgan fingerprint density at radius 3 is 1.86 bits per heavy atom. The molecule has 2 aliphatic rings. The number of amides is 1. The Kier molecular flexibility index (Phi) is 7.73. The second-order valence-electron chi connectivity index (χ2n) is 12.8. The zero-order valence-corrected chi connectivity index (χ0v) is 26.9. The molecule has 0 aromatic heterocycles. The highest BCUT2D eigenvalue weighted by Crippen LogP contribution is 2.60. The molecule has 2 heterocycles. The second-order valence-corrected chi connectivity index (χ2v) is 12.8. The third-order valence-electron chi connectivity index (χ3n) is 9.88. The first-order chi connectivity index (χ1) is 24.0. The molecule has 2 aliphatic heterocycles. The third-order valence-corrected chi connectivity index (χ3v) is 9.88. The summed E-state index contributed by atoms with van der Waals surface area (Å²) in [4.78, 5) is 19.2. The van der Waals surface area contributed by atoms with Crippen LogP contribution in [0.15, 0.2) is 158 Å². The molecular weight excluding hydrogens is 611 g/mol. The van der Waals surface area contributed by atoms with Gasteiger partial charge in [0.15, 0.2) is 0 Å². The van der Waals surface area contributed by atoms with Crippen molar-refractivity contribution in [2.45, 2.75) is 30.7 Å². The normalized spacial score (nSPS) is 19.3. The van der Waals surface area contributed by atoms with Crippen LogP contribution in [0, 0.1) is 5.82 Å². The van der Waals surface area contributed by atoms with Crippen LogP contribution in [0.25, 0.3) is 0 Å². The predicted molar refractivity (Wildman–Crippen MR) is 190 cm³/mol. The molecule has 1 spiro atoms. The Hall–Kier alpha value is -5.72. The van der Waals surface area contributed by atoms with Gasteiger partial charge in [0.1, 0.15) is 29.2 Å². The van der Waals surface area contributed by atoms with Crippen LogP contribution in [-0.2, 0) is 35.4 Å². The van der Waals surface area contributed by atoms with E-state index in [9.17, 15) is 5.11 Å². The van der Waals surface area contributed by atoms with Crippen LogP contribution in [0.4, 0.5) is 15.8 Å². The average Bonchev–Trinajstić information content (AvgIpc) is 3.38. The van der Waals surface area contributed by atoms with Gasteiger partial charge in [-0.05, 0) is 46.5 Å². The maximum absolute atomic E-state index is 15.3. The fourth-order valence-electron chi connectivity index (χ4n) is 7.56. The highest BCUT2D eigenvalue weighted by Gasteiger charge is 2.67. The summed E-state index contributed by atoms with van der Waals surface area (Å²) in [5.41, 5.74) is 2.60. The Morgan fingerprint density at radius 2 is 1.24 bits per heavy atom. The van der Waals surface area contributed by atoms with Crippen LogP contribution in [0.3, 0.4) is 0 Å². The number of carbonyl (C=O) groups excluding carboxylic acids is 1. The molecule has 0 saturated carbocycles. The molecule has 49 heavy (non-hydrogen) atoms. The van der Waals surface area contributed by atoms with Crippen molar-refractivity contribution in [3.63, 3.8) is 0 Å². The molecule has 6 aromatic rings. The fraction of sp³-hybridized carbons (Fsp3) is 0.140. The lowest BCUT2D eigenvalue weighted by molar-refractivity contribution is -0.139. The molecule has 0 saturated heterocycles. The van der Waals surface area contributed by atoms with Gasteiger partial charge in [-0.3, -0.25) is 4.79 Å². The Morgan fingerprint density at radius 1 is 0.673 bits per heavy atom. The molecule has 6 aromatic carbocycles. The molecule has 242 valence electrons. The highest BCUT2D eigenvalue weighted by atomic mass is 19.1. The average molecular weight is 647 g/mol. The van der Waals surface area contributed by atoms with Crippen LogP contribution in [-0.4, -0.2) is 17.6 Å². The molecule has 0 aliphatic carbocycles. The summed E-state index contributed by atoms with van der Waals surface area (Å²) in [6.45, 7) is 1.35. The number of fused-ring (bicyclic) bond motifs is 4. The van der Waals surface area contributed by atoms with Crippen LogP contribution < -0.4 is 14.5 Å². The topological polar surface area (TPSA) is 53.0 Å². The first-order valence-electron chi connectivity index (χ1n) is 16.5. The van der Waals surface area contributed by atoms with E-state index in [1.54, 1.807) is 23.1 Å². The van der Waals surface area contributed by atoms with Crippen molar-refractivity contribution in [1.82, 2.24) is 0 Å². The number of halogens is 1. The first kappa shape index (κ1) is 30.6. The van der Waals surface area contributed by atoms with Gasteiger partial charge in [-0.15, -0.1) is 0 Å². The lowest BCUT2D eigenvalue weighted by Gasteiger charge is -2.48. The quantitative estimate of drug-likeness (QED) is 0.181. The molecule has 6 heteroatoms. The number of nitrogens with zero attached hydrogens (tertiary/aromatic N) is 2. The summed E-state index contributed by atoms with van der Waals surface area (Å²) in [6, 6.07) is 49.7. The standard InChI is InChI=1S/C43H35FN2O3/c44-35-21-24-39-38(25-35)43(41(47)46(39)29-33-17-9-3-10-18-33)37-23-22-36(26-40(37)49-30-42(43,48)34-19-11-4-12-20-34)45(27-31-13-5-1-6-14-31)28-32-15-7-2-8-16-32/h1-26,48H,27-30H2/t42-,43?/m0/s1. The van der Waals surface area contributed by atoms with Crippen molar-refractivity contribution in [1.29, 1.82) is 0 Å². The van der Waals surface area contributed by atoms with Gasteiger partial charge in [0.25, 0.3) is 0 Å². The molecule has 1 amide bonds. The van der Waals surface area contributed by atoms with E-state index in [-0.39, 0.29) is 19.1 Å². The summed E-state index contributed by atoms with van der Waals surface area (Å²) in [5.74, 6) is -0.329. The van der Waals surface area contributed by atoms with Crippen LogP contribution >= 0.6 is 0 Å². The molecule has 0 bridgehead atoms. The summed E-state index contributed by atoms with van der Waals surface area (Å²) >= 11 is 0. The Balaban J connectivity index is 1.31. The van der Waals surface area contributed by atoms with Crippen molar-refractivity contribution in [3.8, 4) is 5.75 Å². The van der Waals surface area contributed by atoms with Gasteiger partial charge in [0.05, 0.1) is 6.54 Å². The van der Waals surface area contributed by atoms with Gasteiger partial charge in [-0.25, -0.2) is 4.39 Å². The molecule has 0 fully saturated rings. The number of hydrogen-bond donors (Lipinski definition) is 1. The third kappa shape index (κ3) is 5.16. The van der Waals surface area contributed by atoms with E-state index < -0.39 is 16.8 Å². The second kappa shape index (κ2) is 12.4. The van der Waals surface area contributed by atoms with Gasteiger partial charge in [0.2, 0.25) is 5.91 Å². The molecule has 2 atom stereocenters. The summed E-state index contributed by atoms with van der Waals surface area (Å²) in [7, 11) is 0. The predicted octanol–water partition coefficient (Wildman–Crippen LogP) is 8.15. The summed E-state index contributed by atoms with van der Waals surface area (Å²) < 4.78 is 21.8. The summed E-state index contributed by atoms with van der Waals surface area (Å²) in [6.07, 6.45) is 0. The number of carbonyl (C=O) groups is 1. The first-order valence-corrected chi connectivity index (χ1v) is 16.5. The zero-order chi connectivity index (χ0) is 33.4. The molecule has 1 N–H and O–H groups in total. The van der Waals surface area contributed by atoms with E-state index in [0.29, 0.717) is 41.2 Å². The SMILES string of the molecule is O=C1N(Cc2ccccc2)c2ccc(F)cc2C12c1ccc(N(Cc3ccccc3)Cc3ccccc3)cc1OC[C@]2(O)c1ccccc1. The zero-order valence-electron chi connectivity index (χ0n) is 26.9. The number of hydrogen-bond acceptors (Lipinski definition) is 4. The van der Waals surface area contributed by atoms with Crippen LogP contribution in [0.1, 0.15) is 33.4 Å². The van der Waals surface area contributed by atoms with E-state index in [1.165, 1.54) is 12.1 Å². The van der Waals surface area contributed by atoms with Gasteiger partial charge >= 0.3 is 0 Å². The maximum atomic E-state index is 15.3. The van der Waals surface area contributed by atoms with E-state index in [4.69, 9.17) is 4.74 Å². The Bertz CT molecular complexity index is 2070. The number of ether oxygens (including phenoxy) is 1. The van der Waals surface area contributed by atoms with Crippen molar-refractivity contribution in [3.05, 3.63) is 197 Å². The maximum Gasteiger partial charge on any atom is 0.246 e. The summed E-state index contributed by atoms with van der Waals surface area (Å²) in [5, 5.41) is 13.0. The van der Waals surface area contributed by atoms with Crippen molar-refractivity contribution >= 4 is 17.3 Å². The minimum atomic E-state index is -1.85.